The molecule has 0 aliphatic carbocycles. The van der Waals surface area contributed by atoms with Gasteiger partial charge in [0.25, 0.3) is 0 Å². The molecule has 0 amide bonds. The zero-order valence-electron chi connectivity index (χ0n) is 7.64. The smallest absolute Gasteiger partial charge is 0.0905 e. The van der Waals surface area contributed by atoms with E-state index in [0.717, 1.165) is 39.1 Å². The molecule has 0 aromatic rings. The molecule has 12 heavy (non-hydrogen) atoms. The topological polar surface area (TPSA) is 30.5 Å². The van der Waals surface area contributed by atoms with Gasteiger partial charge >= 0.3 is 0 Å². The van der Waals surface area contributed by atoms with Crippen LogP contribution in [0.4, 0.5) is 0 Å². The van der Waals surface area contributed by atoms with Crippen LogP contribution in [0.3, 0.4) is 0 Å². The van der Waals surface area contributed by atoms with Gasteiger partial charge in [-0.15, -0.1) is 0 Å². The van der Waals surface area contributed by atoms with E-state index in [4.69, 9.17) is 9.47 Å². The molecule has 2 aliphatic rings. The van der Waals surface area contributed by atoms with Crippen LogP contribution in [0.1, 0.15) is 19.8 Å². The van der Waals surface area contributed by atoms with Crippen LogP contribution in [0.25, 0.3) is 0 Å². The van der Waals surface area contributed by atoms with Gasteiger partial charge in [-0.2, -0.15) is 0 Å². The quantitative estimate of drug-likeness (QED) is 0.658. The highest BCUT2D eigenvalue weighted by Crippen LogP contribution is 2.22. The monoisotopic (exact) mass is 171 g/mol. The number of rotatable bonds is 2. The van der Waals surface area contributed by atoms with Crippen LogP contribution in [0.5, 0.6) is 0 Å². The molecule has 0 aromatic heterocycles. The summed E-state index contributed by atoms with van der Waals surface area (Å²) in [5.74, 6) is 0. The predicted octanol–water partition coefficient (Wildman–Crippen LogP) is 0.544. The van der Waals surface area contributed by atoms with E-state index in [0.29, 0.717) is 6.10 Å². The van der Waals surface area contributed by atoms with E-state index in [-0.39, 0.29) is 5.60 Å². The standard InChI is InChI=1S/C9H17NO2/c1-9(6-10-7-9)12-8-2-4-11-5-3-8/h8,10H,2-7H2,1H3. The largest absolute Gasteiger partial charge is 0.381 e. The summed E-state index contributed by atoms with van der Waals surface area (Å²) < 4.78 is 11.2. The summed E-state index contributed by atoms with van der Waals surface area (Å²) in [7, 11) is 0. The van der Waals surface area contributed by atoms with Crippen molar-refractivity contribution in [3.63, 3.8) is 0 Å². The van der Waals surface area contributed by atoms with Crippen LogP contribution in [0, 0.1) is 0 Å². The third kappa shape index (κ3) is 1.79. The minimum Gasteiger partial charge on any atom is -0.381 e. The minimum absolute atomic E-state index is 0.113. The Balaban J connectivity index is 1.77. The molecule has 0 saturated carbocycles. The molecule has 2 saturated heterocycles. The van der Waals surface area contributed by atoms with Crippen molar-refractivity contribution in [2.24, 2.45) is 0 Å². The zero-order valence-corrected chi connectivity index (χ0v) is 7.64. The highest BCUT2D eigenvalue weighted by atomic mass is 16.5. The second-order valence-electron chi connectivity index (χ2n) is 3.98. The Kier molecular flexibility index (Phi) is 2.35. The van der Waals surface area contributed by atoms with Crippen LogP contribution in [-0.2, 0) is 9.47 Å². The second kappa shape index (κ2) is 3.32. The average molecular weight is 171 g/mol. The summed E-state index contributed by atoms with van der Waals surface area (Å²) in [6, 6.07) is 0. The van der Waals surface area contributed by atoms with Crippen LogP contribution in [-0.4, -0.2) is 38.0 Å². The summed E-state index contributed by atoms with van der Waals surface area (Å²) in [5.41, 5.74) is 0.113. The number of ether oxygens (including phenoxy) is 2. The van der Waals surface area contributed by atoms with Crippen LogP contribution >= 0.6 is 0 Å². The molecular weight excluding hydrogens is 154 g/mol. The van der Waals surface area contributed by atoms with E-state index >= 15 is 0 Å². The molecule has 0 atom stereocenters. The third-order valence-electron chi connectivity index (χ3n) is 2.62. The van der Waals surface area contributed by atoms with Crippen molar-refractivity contribution < 1.29 is 9.47 Å². The maximum absolute atomic E-state index is 5.97. The van der Waals surface area contributed by atoms with Crippen LogP contribution in [0.2, 0.25) is 0 Å². The molecule has 0 bridgehead atoms. The second-order valence-corrected chi connectivity index (χ2v) is 3.98. The van der Waals surface area contributed by atoms with Crippen LogP contribution in [0.15, 0.2) is 0 Å². The van der Waals surface area contributed by atoms with Gasteiger partial charge in [-0.1, -0.05) is 0 Å². The molecule has 0 aromatic carbocycles. The van der Waals surface area contributed by atoms with Gasteiger partial charge in [0.05, 0.1) is 11.7 Å². The zero-order chi connectivity index (χ0) is 8.44. The van der Waals surface area contributed by atoms with Gasteiger partial charge in [-0.3, -0.25) is 0 Å². The fraction of sp³-hybridized carbons (Fsp3) is 1.00. The number of hydrogen-bond acceptors (Lipinski definition) is 3. The summed E-state index contributed by atoms with van der Waals surface area (Å²) in [4.78, 5) is 0. The summed E-state index contributed by atoms with van der Waals surface area (Å²) in [6.07, 6.45) is 2.57. The lowest BCUT2D eigenvalue weighted by molar-refractivity contribution is -0.138. The number of nitrogens with one attached hydrogen (secondary N) is 1. The van der Waals surface area contributed by atoms with Gasteiger partial charge in [0.1, 0.15) is 0 Å². The first-order chi connectivity index (χ1) is 5.79. The first-order valence-electron chi connectivity index (χ1n) is 4.75. The van der Waals surface area contributed by atoms with Gasteiger partial charge in [-0.05, 0) is 19.8 Å². The lowest BCUT2D eigenvalue weighted by Crippen LogP contribution is -2.60. The average Bonchev–Trinajstić information content (AvgIpc) is 2.04. The Morgan fingerprint density at radius 1 is 1.33 bits per heavy atom. The number of hydrogen-bond donors (Lipinski definition) is 1. The molecule has 2 heterocycles. The Morgan fingerprint density at radius 2 is 2.00 bits per heavy atom. The van der Waals surface area contributed by atoms with Crippen molar-refractivity contribution in [2.45, 2.75) is 31.5 Å². The van der Waals surface area contributed by atoms with Gasteiger partial charge in [0.15, 0.2) is 0 Å². The molecule has 0 unspecified atom stereocenters. The van der Waals surface area contributed by atoms with Crippen LogP contribution < -0.4 is 5.32 Å². The third-order valence-corrected chi connectivity index (χ3v) is 2.62. The van der Waals surface area contributed by atoms with Gasteiger partial charge in [0.2, 0.25) is 0 Å². The van der Waals surface area contributed by atoms with E-state index < -0.39 is 0 Å². The maximum Gasteiger partial charge on any atom is 0.0905 e. The van der Waals surface area contributed by atoms with E-state index in [1.54, 1.807) is 0 Å². The molecule has 70 valence electrons. The summed E-state index contributed by atoms with van der Waals surface area (Å²) >= 11 is 0. The molecule has 2 aliphatic heterocycles. The van der Waals surface area contributed by atoms with Crippen molar-refractivity contribution in [3.8, 4) is 0 Å². The van der Waals surface area contributed by atoms with E-state index in [9.17, 15) is 0 Å². The Labute approximate surface area is 73.4 Å². The maximum atomic E-state index is 5.97. The van der Waals surface area contributed by atoms with Crippen molar-refractivity contribution in [3.05, 3.63) is 0 Å². The highest BCUT2D eigenvalue weighted by Gasteiger charge is 2.35. The fourth-order valence-corrected chi connectivity index (χ4v) is 1.76. The molecule has 1 N–H and O–H groups in total. The predicted molar refractivity (Wildman–Crippen MR) is 46.2 cm³/mol. The molecular formula is C9H17NO2. The first kappa shape index (κ1) is 8.48. The molecule has 0 radical (unpaired) electrons. The molecule has 3 heteroatoms. The van der Waals surface area contributed by atoms with Crippen molar-refractivity contribution >= 4 is 0 Å². The Hall–Kier alpha value is -0.120. The molecule has 2 fully saturated rings. The van der Waals surface area contributed by atoms with Gasteiger partial charge < -0.3 is 14.8 Å². The van der Waals surface area contributed by atoms with Crippen molar-refractivity contribution in [1.82, 2.24) is 5.32 Å². The summed E-state index contributed by atoms with van der Waals surface area (Å²) in [6.45, 7) is 5.93. The normalized spacial score (nSPS) is 29.8. The lowest BCUT2D eigenvalue weighted by Gasteiger charge is -2.42. The fourth-order valence-electron chi connectivity index (χ4n) is 1.76. The van der Waals surface area contributed by atoms with Crippen molar-refractivity contribution in [2.75, 3.05) is 26.3 Å². The molecule has 3 nitrogen and oxygen atoms in total. The van der Waals surface area contributed by atoms with E-state index in [2.05, 4.69) is 12.2 Å². The van der Waals surface area contributed by atoms with E-state index in [1.807, 2.05) is 0 Å². The lowest BCUT2D eigenvalue weighted by atomic mass is 9.99. The van der Waals surface area contributed by atoms with Gasteiger partial charge in [0, 0.05) is 26.3 Å². The van der Waals surface area contributed by atoms with Gasteiger partial charge in [-0.25, -0.2) is 0 Å². The summed E-state index contributed by atoms with van der Waals surface area (Å²) in [5, 5.41) is 3.24. The SMILES string of the molecule is CC1(OC2CCOCC2)CNC1. The highest BCUT2D eigenvalue weighted by molar-refractivity contribution is 4.91. The Bertz CT molecular complexity index is 151. The molecule has 0 spiro atoms. The minimum atomic E-state index is 0.113. The van der Waals surface area contributed by atoms with E-state index in [1.165, 1.54) is 0 Å². The first-order valence-corrected chi connectivity index (χ1v) is 4.75. The van der Waals surface area contributed by atoms with Crippen molar-refractivity contribution in [1.29, 1.82) is 0 Å². The molecule has 2 rings (SSSR count). The Morgan fingerprint density at radius 3 is 2.50 bits per heavy atom.